The first-order valence-corrected chi connectivity index (χ1v) is 9.27. The first kappa shape index (κ1) is 17.6. The van der Waals surface area contributed by atoms with Crippen molar-refractivity contribution in [2.45, 2.75) is 12.8 Å². The zero-order chi connectivity index (χ0) is 18.8. The number of nitrogens with one attached hydrogen (secondary N) is 1. The fraction of sp³-hybridized carbons (Fsp3) is 0.238. The Morgan fingerprint density at radius 2 is 2.15 bits per heavy atom. The molecule has 1 aliphatic rings. The normalized spacial score (nSPS) is 16.7. The number of methoxy groups -OCH3 is 1. The lowest BCUT2D eigenvalue weighted by Gasteiger charge is -2.19. The van der Waals surface area contributed by atoms with Gasteiger partial charge in [-0.05, 0) is 36.6 Å². The molecule has 0 aliphatic carbocycles. The highest BCUT2D eigenvalue weighted by Crippen LogP contribution is 2.36. The van der Waals surface area contributed by atoms with E-state index >= 15 is 0 Å². The molecule has 1 atom stereocenters. The third-order valence-electron chi connectivity index (χ3n) is 5.05. The first-order chi connectivity index (χ1) is 13.2. The highest BCUT2D eigenvalue weighted by Gasteiger charge is 2.33. The van der Waals surface area contributed by atoms with Crippen molar-refractivity contribution in [3.8, 4) is 16.9 Å². The summed E-state index contributed by atoms with van der Waals surface area (Å²) in [6.45, 7) is 0.697. The zero-order valence-corrected chi connectivity index (χ0v) is 15.7. The third-order valence-corrected chi connectivity index (χ3v) is 5.42. The van der Waals surface area contributed by atoms with Crippen molar-refractivity contribution in [1.82, 2.24) is 10.2 Å². The van der Waals surface area contributed by atoms with Gasteiger partial charge in [0.05, 0.1) is 13.3 Å². The van der Waals surface area contributed by atoms with E-state index in [9.17, 15) is 4.79 Å². The van der Waals surface area contributed by atoms with Gasteiger partial charge in [-0.15, -0.1) is 0 Å². The Morgan fingerprint density at radius 3 is 2.89 bits per heavy atom. The predicted octanol–water partition coefficient (Wildman–Crippen LogP) is 4.33. The smallest absolute Gasteiger partial charge is 0.230 e. The molecule has 1 aromatic heterocycles. The summed E-state index contributed by atoms with van der Waals surface area (Å²) < 4.78 is 5.55. The molecule has 0 radical (unpaired) electrons. The second-order valence-electron chi connectivity index (χ2n) is 6.64. The average molecular weight is 382 g/mol. The molecule has 1 saturated heterocycles. The summed E-state index contributed by atoms with van der Waals surface area (Å²) in [6, 6.07) is 13.6. The summed E-state index contributed by atoms with van der Waals surface area (Å²) in [7, 11) is 1.63. The van der Waals surface area contributed by atoms with Gasteiger partial charge in [-0.3, -0.25) is 9.89 Å². The fourth-order valence-electron chi connectivity index (χ4n) is 3.60. The summed E-state index contributed by atoms with van der Waals surface area (Å²) in [6.07, 6.45) is 5.05. The van der Waals surface area contributed by atoms with Gasteiger partial charge >= 0.3 is 0 Å². The molecule has 2 heterocycles. The van der Waals surface area contributed by atoms with E-state index in [0.717, 1.165) is 39.6 Å². The van der Waals surface area contributed by atoms with Crippen molar-refractivity contribution in [2.24, 2.45) is 5.92 Å². The summed E-state index contributed by atoms with van der Waals surface area (Å²) in [5.41, 5.74) is 3.76. The molecule has 0 bridgehead atoms. The van der Waals surface area contributed by atoms with Crippen molar-refractivity contribution in [3.05, 3.63) is 65.4 Å². The van der Waals surface area contributed by atoms with Crippen molar-refractivity contribution < 1.29 is 9.53 Å². The Hall–Kier alpha value is -2.79. The molecule has 3 aromatic rings. The molecule has 0 spiro atoms. The lowest BCUT2D eigenvalue weighted by atomic mass is 9.98. The number of ether oxygens (including phenoxy) is 1. The zero-order valence-electron chi connectivity index (χ0n) is 15.0. The number of carbonyl (C=O) groups is 1. The number of anilines is 1. The monoisotopic (exact) mass is 381 g/mol. The first-order valence-electron chi connectivity index (χ1n) is 8.89. The number of aromatic nitrogens is 2. The van der Waals surface area contributed by atoms with Crippen LogP contribution in [-0.2, 0) is 11.2 Å². The van der Waals surface area contributed by atoms with Crippen molar-refractivity contribution in [3.63, 3.8) is 0 Å². The number of carbonyl (C=O) groups excluding carboxylic acids is 1. The van der Waals surface area contributed by atoms with Crippen LogP contribution < -0.4 is 9.64 Å². The highest BCUT2D eigenvalue weighted by molar-refractivity contribution is 6.31. The minimum atomic E-state index is -0.0514. The predicted molar refractivity (Wildman–Crippen MR) is 106 cm³/mol. The lowest BCUT2D eigenvalue weighted by Crippen LogP contribution is -2.27. The standard InChI is InChI=1S/C21H20ClN3O2/c1-27-20-11-17(6-7-18(20)16-12-23-24-13-16)25-9-8-15(21(25)26)10-14-4-2-3-5-19(14)22/h2-7,11-13,15H,8-10H2,1H3,(H,23,24). The van der Waals surface area contributed by atoms with E-state index < -0.39 is 0 Å². The Bertz CT molecular complexity index is 956. The van der Waals surface area contributed by atoms with Crippen LogP contribution in [0, 0.1) is 5.92 Å². The number of aromatic amines is 1. The molecule has 1 fully saturated rings. The second kappa shape index (κ2) is 7.45. The van der Waals surface area contributed by atoms with Crippen LogP contribution in [0.1, 0.15) is 12.0 Å². The van der Waals surface area contributed by atoms with Gasteiger partial charge in [-0.25, -0.2) is 0 Å². The lowest BCUT2D eigenvalue weighted by molar-refractivity contribution is -0.120. The summed E-state index contributed by atoms with van der Waals surface area (Å²) in [5, 5.41) is 7.51. The third kappa shape index (κ3) is 3.43. The summed E-state index contributed by atoms with van der Waals surface area (Å²) in [5.74, 6) is 0.800. The molecular formula is C21H20ClN3O2. The van der Waals surface area contributed by atoms with Crippen LogP contribution in [0.2, 0.25) is 5.02 Å². The fourth-order valence-corrected chi connectivity index (χ4v) is 3.81. The maximum absolute atomic E-state index is 13.0. The molecule has 1 N–H and O–H groups in total. The molecule has 2 aromatic carbocycles. The molecule has 0 saturated carbocycles. The van der Waals surface area contributed by atoms with Crippen LogP contribution in [0.5, 0.6) is 5.75 Å². The van der Waals surface area contributed by atoms with Gasteiger partial charge < -0.3 is 9.64 Å². The highest BCUT2D eigenvalue weighted by atomic mass is 35.5. The number of amides is 1. The molecule has 1 aliphatic heterocycles. The van der Waals surface area contributed by atoms with Crippen LogP contribution in [0.4, 0.5) is 5.69 Å². The molecule has 1 amide bonds. The van der Waals surface area contributed by atoms with Crippen molar-refractivity contribution in [1.29, 1.82) is 0 Å². The number of H-pyrrole nitrogens is 1. The largest absolute Gasteiger partial charge is 0.496 e. The Kier molecular flexibility index (Phi) is 4.86. The Morgan fingerprint density at radius 1 is 1.30 bits per heavy atom. The van der Waals surface area contributed by atoms with Gasteiger partial charge in [0.15, 0.2) is 0 Å². The van der Waals surface area contributed by atoms with Crippen LogP contribution in [0.3, 0.4) is 0 Å². The number of hydrogen-bond donors (Lipinski definition) is 1. The number of benzene rings is 2. The van der Waals surface area contributed by atoms with E-state index in [2.05, 4.69) is 10.2 Å². The van der Waals surface area contributed by atoms with Crippen LogP contribution >= 0.6 is 11.6 Å². The van der Waals surface area contributed by atoms with Gasteiger partial charge in [0.2, 0.25) is 5.91 Å². The molecule has 27 heavy (non-hydrogen) atoms. The van der Waals surface area contributed by atoms with E-state index in [1.807, 2.05) is 53.6 Å². The molecule has 5 nitrogen and oxygen atoms in total. The van der Waals surface area contributed by atoms with Crippen LogP contribution in [-0.4, -0.2) is 29.8 Å². The van der Waals surface area contributed by atoms with Gasteiger partial charge in [-0.2, -0.15) is 5.10 Å². The van der Waals surface area contributed by atoms with Crippen LogP contribution in [0.25, 0.3) is 11.1 Å². The Balaban J connectivity index is 1.56. The summed E-state index contributed by atoms with van der Waals surface area (Å²) in [4.78, 5) is 14.8. The maximum Gasteiger partial charge on any atom is 0.230 e. The van der Waals surface area contributed by atoms with Crippen LogP contribution in [0.15, 0.2) is 54.9 Å². The Labute approximate surface area is 162 Å². The SMILES string of the molecule is COc1cc(N2CCC(Cc3ccccc3Cl)C2=O)ccc1-c1cn[nH]c1. The van der Waals surface area contributed by atoms with Gasteiger partial charge in [-0.1, -0.05) is 29.8 Å². The van der Waals surface area contributed by atoms with E-state index in [1.54, 1.807) is 13.3 Å². The number of halogens is 1. The molecule has 6 heteroatoms. The van der Waals surface area contributed by atoms with E-state index in [4.69, 9.17) is 16.3 Å². The molecule has 1 unspecified atom stereocenters. The minimum absolute atomic E-state index is 0.0514. The quantitative estimate of drug-likeness (QED) is 0.715. The number of hydrogen-bond acceptors (Lipinski definition) is 3. The van der Waals surface area contributed by atoms with Gasteiger partial charge in [0.25, 0.3) is 0 Å². The van der Waals surface area contributed by atoms with Crippen molar-refractivity contribution >= 4 is 23.2 Å². The average Bonchev–Trinajstić information content (AvgIpc) is 3.34. The maximum atomic E-state index is 13.0. The van der Waals surface area contributed by atoms with E-state index in [0.29, 0.717) is 13.0 Å². The number of nitrogens with zero attached hydrogens (tertiary/aromatic N) is 2. The van der Waals surface area contributed by atoms with Gasteiger partial charge in [0, 0.05) is 46.6 Å². The van der Waals surface area contributed by atoms with E-state index in [-0.39, 0.29) is 11.8 Å². The van der Waals surface area contributed by atoms with Gasteiger partial charge in [0.1, 0.15) is 5.75 Å². The van der Waals surface area contributed by atoms with E-state index in [1.165, 1.54) is 0 Å². The molecule has 138 valence electrons. The minimum Gasteiger partial charge on any atom is -0.496 e. The molecule has 4 rings (SSSR count). The molecular weight excluding hydrogens is 362 g/mol. The topological polar surface area (TPSA) is 58.2 Å². The summed E-state index contributed by atoms with van der Waals surface area (Å²) >= 11 is 6.26. The second-order valence-corrected chi connectivity index (χ2v) is 7.05. The number of rotatable bonds is 5. The van der Waals surface area contributed by atoms with Crippen molar-refractivity contribution in [2.75, 3.05) is 18.6 Å².